The van der Waals surface area contributed by atoms with Crippen LogP contribution in [0.2, 0.25) is 0 Å². The van der Waals surface area contributed by atoms with Gasteiger partial charge in [-0.2, -0.15) is 0 Å². The summed E-state index contributed by atoms with van der Waals surface area (Å²) in [5.41, 5.74) is 1.26. The van der Waals surface area contributed by atoms with E-state index in [1.54, 1.807) is 23.6 Å². The number of nitrogens with one attached hydrogen (secondary N) is 2. The lowest BCUT2D eigenvalue weighted by Crippen LogP contribution is -2.13. The molecule has 0 bridgehead atoms. The van der Waals surface area contributed by atoms with Crippen LogP contribution in [-0.2, 0) is 14.8 Å². The smallest absolute Gasteiger partial charge is 0.263 e. The molecule has 1 aliphatic rings. The highest BCUT2D eigenvalue weighted by atomic mass is 32.2. The molecule has 4 rings (SSSR count). The van der Waals surface area contributed by atoms with Crippen LogP contribution >= 0.6 is 11.3 Å². The zero-order valence-electron chi connectivity index (χ0n) is 14.9. The maximum Gasteiger partial charge on any atom is 0.263 e. The third kappa shape index (κ3) is 4.55. The largest absolute Gasteiger partial charge is 0.454 e. The van der Waals surface area contributed by atoms with Crippen molar-refractivity contribution in [3.8, 4) is 11.5 Å². The number of carbonyl (C=O) groups is 1. The van der Waals surface area contributed by atoms with Gasteiger partial charge >= 0.3 is 0 Å². The molecule has 148 valence electrons. The summed E-state index contributed by atoms with van der Waals surface area (Å²) in [6, 6.07) is 11.2. The summed E-state index contributed by atoms with van der Waals surface area (Å²) >= 11 is 1.19. The monoisotopic (exact) mass is 429 g/mol. The van der Waals surface area contributed by atoms with Crippen molar-refractivity contribution in [1.82, 2.24) is 4.98 Å². The number of thiazole rings is 1. The van der Waals surface area contributed by atoms with Crippen LogP contribution in [0.5, 0.6) is 11.5 Å². The number of ether oxygens (including phenoxy) is 2. The van der Waals surface area contributed by atoms with E-state index >= 15 is 0 Å². The number of carbonyl (C=O) groups excluding carboxylic acids is 1. The Kier molecular flexibility index (Phi) is 5.19. The fraction of sp³-hybridized carbons (Fsp3) is 0.0526. The van der Waals surface area contributed by atoms with Gasteiger partial charge in [-0.25, -0.2) is 13.4 Å². The summed E-state index contributed by atoms with van der Waals surface area (Å²) in [6.45, 7) is 0.189. The highest BCUT2D eigenvalue weighted by molar-refractivity contribution is 7.93. The Bertz CT molecular complexity index is 1160. The Morgan fingerprint density at radius 2 is 1.90 bits per heavy atom. The number of hydrogen-bond donors (Lipinski definition) is 2. The quantitative estimate of drug-likeness (QED) is 0.582. The SMILES string of the molecule is O=C(/C=C/c1ccc2c(c1)OCO2)Nc1ccc(S(=O)(=O)Nc2nccs2)cc1. The molecule has 1 aromatic heterocycles. The summed E-state index contributed by atoms with van der Waals surface area (Å²) < 4.78 is 37.6. The number of rotatable bonds is 6. The number of fused-ring (bicyclic) bond motifs is 1. The van der Waals surface area contributed by atoms with Crippen LogP contribution in [0.4, 0.5) is 10.8 Å². The van der Waals surface area contributed by atoms with E-state index in [0.29, 0.717) is 17.2 Å². The maximum atomic E-state index is 12.3. The van der Waals surface area contributed by atoms with Gasteiger partial charge in [0, 0.05) is 23.3 Å². The molecule has 0 saturated heterocycles. The van der Waals surface area contributed by atoms with E-state index in [4.69, 9.17) is 9.47 Å². The fourth-order valence-electron chi connectivity index (χ4n) is 2.54. The van der Waals surface area contributed by atoms with Gasteiger partial charge in [-0.1, -0.05) is 6.07 Å². The maximum absolute atomic E-state index is 12.3. The van der Waals surface area contributed by atoms with Gasteiger partial charge in [0.15, 0.2) is 16.6 Å². The predicted molar refractivity (Wildman–Crippen MR) is 110 cm³/mol. The first-order valence-corrected chi connectivity index (χ1v) is 10.8. The number of benzene rings is 2. The highest BCUT2D eigenvalue weighted by Crippen LogP contribution is 2.32. The average molecular weight is 429 g/mol. The van der Waals surface area contributed by atoms with Crippen LogP contribution in [0.1, 0.15) is 5.56 Å². The second kappa shape index (κ2) is 7.94. The minimum atomic E-state index is -3.73. The van der Waals surface area contributed by atoms with Gasteiger partial charge in [0.2, 0.25) is 12.7 Å². The molecule has 0 fully saturated rings. The van der Waals surface area contributed by atoms with Crippen LogP contribution in [0.3, 0.4) is 0 Å². The second-order valence-corrected chi connectivity index (χ2v) is 8.48. The molecular weight excluding hydrogens is 414 g/mol. The van der Waals surface area contributed by atoms with Crippen molar-refractivity contribution in [2.45, 2.75) is 4.90 Å². The third-order valence-electron chi connectivity index (χ3n) is 3.91. The zero-order valence-corrected chi connectivity index (χ0v) is 16.5. The van der Waals surface area contributed by atoms with E-state index in [1.165, 1.54) is 47.9 Å². The first-order valence-electron chi connectivity index (χ1n) is 8.41. The number of aromatic nitrogens is 1. The van der Waals surface area contributed by atoms with Gasteiger partial charge in [0.1, 0.15) is 0 Å². The van der Waals surface area contributed by atoms with Gasteiger partial charge in [0.05, 0.1) is 4.90 Å². The van der Waals surface area contributed by atoms with Gasteiger partial charge in [0.25, 0.3) is 10.0 Å². The number of sulfonamides is 1. The molecule has 2 heterocycles. The predicted octanol–water partition coefficient (Wildman–Crippen LogP) is 3.32. The molecule has 0 spiro atoms. The summed E-state index contributed by atoms with van der Waals surface area (Å²) in [7, 11) is -3.73. The Labute approximate surface area is 170 Å². The lowest BCUT2D eigenvalue weighted by molar-refractivity contribution is -0.111. The molecule has 0 radical (unpaired) electrons. The van der Waals surface area contributed by atoms with E-state index in [2.05, 4.69) is 15.0 Å². The van der Waals surface area contributed by atoms with Gasteiger partial charge in [-0.3, -0.25) is 9.52 Å². The molecule has 0 atom stereocenters. The molecule has 1 amide bonds. The average Bonchev–Trinajstić information content (AvgIpc) is 3.37. The fourth-order valence-corrected chi connectivity index (χ4v) is 4.33. The first-order chi connectivity index (χ1) is 14.0. The molecule has 8 nitrogen and oxygen atoms in total. The van der Waals surface area contributed by atoms with E-state index < -0.39 is 10.0 Å². The molecule has 0 aliphatic carbocycles. The van der Waals surface area contributed by atoms with Crippen molar-refractivity contribution in [2.75, 3.05) is 16.8 Å². The molecule has 1 aliphatic heterocycles. The summed E-state index contributed by atoms with van der Waals surface area (Å²) in [5.74, 6) is 0.959. The number of hydrogen-bond acceptors (Lipinski definition) is 7. The van der Waals surface area contributed by atoms with Crippen LogP contribution in [0, 0.1) is 0 Å². The number of amides is 1. The minimum Gasteiger partial charge on any atom is -0.454 e. The van der Waals surface area contributed by atoms with Crippen molar-refractivity contribution in [3.05, 3.63) is 65.7 Å². The number of anilines is 2. The highest BCUT2D eigenvalue weighted by Gasteiger charge is 2.15. The zero-order chi connectivity index (χ0) is 20.3. The molecular formula is C19H15N3O5S2. The van der Waals surface area contributed by atoms with Gasteiger partial charge < -0.3 is 14.8 Å². The third-order valence-corrected chi connectivity index (χ3v) is 6.08. The topological polar surface area (TPSA) is 107 Å². The van der Waals surface area contributed by atoms with Crippen LogP contribution in [0.25, 0.3) is 6.08 Å². The van der Waals surface area contributed by atoms with Gasteiger partial charge in [-0.15, -0.1) is 11.3 Å². The summed E-state index contributed by atoms with van der Waals surface area (Å²) in [6.07, 6.45) is 4.54. The second-order valence-electron chi connectivity index (χ2n) is 5.90. The van der Waals surface area contributed by atoms with Crippen molar-refractivity contribution < 1.29 is 22.7 Å². The van der Waals surface area contributed by atoms with Crippen LogP contribution < -0.4 is 19.5 Å². The Morgan fingerprint density at radius 1 is 1.10 bits per heavy atom. The molecule has 10 heteroatoms. The molecule has 0 unspecified atom stereocenters. The normalized spacial score (nSPS) is 12.8. The van der Waals surface area contributed by atoms with Crippen molar-refractivity contribution in [1.29, 1.82) is 0 Å². The Balaban J connectivity index is 1.38. The van der Waals surface area contributed by atoms with Crippen LogP contribution in [0.15, 0.2) is 65.0 Å². The Hall–Kier alpha value is -3.37. The molecule has 3 aromatic rings. The minimum absolute atomic E-state index is 0.0709. The molecule has 0 saturated carbocycles. The molecule has 2 aromatic carbocycles. The summed E-state index contributed by atoms with van der Waals surface area (Å²) in [5, 5.41) is 4.64. The van der Waals surface area contributed by atoms with E-state index in [0.717, 1.165) is 5.56 Å². The first kappa shape index (κ1) is 19.0. The van der Waals surface area contributed by atoms with Gasteiger partial charge in [-0.05, 0) is 48.0 Å². The van der Waals surface area contributed by atoms with Crippen molar-refractivity contribution in [3.63, 3.8) is 0 Å². The Morgan fingerprint density at radius 3 is 2.66 bits per heavy atom. The lowest BCUT2D eigenvalue weighted by atomic mass is 10.2. The van der Waals surface area contributed by atoms with E-state index in [-0.39, 0.29) is 22.7 Å². The summed E-state index contributed by atoms with van der Waals surface area (Å²) in [4.78, 5) is 16.1. The lowest BCUT2D eigenvalue weighted by Gasteiger charge is -2.07. The van der Waals surface area contributed by atoms with Crippen molar-refractivity contribution in [2.24, 2.45) is 0 Å². The molecule has 29 heavy (non-hydrogen) atoms. The van der Waals surface area contributed by atoms with E-state index in [1.807, 2.05) is 6.07 Å². The standard InChI is InChI=1S/C19H15N3O5S2/c23-18(8-2-13-1-7-16-17(11-13)27-12-26-16)21-14-3-5-15(6-4-14)29(24,25)22-19-20-9-10-28-19/h1-11H,12H2,(H,20,22)(H,21,23)/b8-2+. The number of nitrogens with zero attached hydrogens (tertiary/aromatic N) is 1. The van der Waals surface area contributed by atoms with Crippen LogP contribution in [-0.4, -0.2) is 26.1 Å². The van der Waals surface area contributed by atoms with E-state index in [9.17, 15) is 13.2 Å². The van der Waals surface area contributed by atoms with Crippen molar-refractivity contribution >= 4 is 44.2 Å². The molecule has 2 N–H and O–H groups in total.